The van der Waals surface area contributed by atoms with E-state index in [-0.39, 0.29) is 5.54 Å². The van der Waals surface area contributed by atoms with Gasteiger partial charge in [0.25, 0.3) is 0 Å². The quantitative estimate of drug-likeness (QED) is 0.763. The summed E-state index contributed by atoms with van der Waals surface area (Å²) in [6.07, 6.45) is 4.63. The molecule has 0 aliphatic carbocycles. The maximum Gasteiger partial charge on any atom is 0.0617 e. The second-order valence-electron chi connectivity index (χ2n) is 5.05. The molecule has 0 aromatic carbocycles. The van der Waals surface area contributed by atoms with Crippen LogP contribution in [0.1, 0.15) is 32.6 Å². The Morgan fingerprint density at radius 3 is 2.53 bits per heavy atom. The van der Waals surface area contributed by atoms with E-state index in [1.54, 1.807) is 0 Å². The van der Waals surface area contributed by atoms with Crippen LogP contribution in [-0.4, -0.2) is 48.5 Å². The fraction of sp³-hybridized carbons (Fsp3) is 1.00. The molecule has 0 unspecified atom stereocenters. The van der Waals surface area contributed by atoms with Crippen molar-refractivity contribution in [2.45, 2.75) is 38.1 Å². The zero-order valence-electron chi connectivity index (χ0n) is 9.74. The van der Waals surface area contributed by atoms with E-state index in [1.165, 1.54) is 25.9 Å². The summed E-state index contributed by atoms with van der Waals surface area (Å²) in [5.74, 6) is 0.876. The van der Waals surface area contributed by atoms with E-state index in [9.17, 15) is 5.11 Å². The largest absolute Gasteiger partial charge is 0.394 e. The van der Waals surface area contributed by atoms with Gasteiger partial charge in [-0.2, -0.15) is 0 Å². The predicted molar refractivity (Wildman–Crippen MR) is 59.8 cm³/mol. The Kier molecular flexibility index (Phi) is 3.65. The Morgan fingerprint density at radius 1 is 1.33 bits per heavy atom. The minimum absolute atomic E-state index is 0.0580. The molecule has 0 spiro atoms. The highest BCUT2D eigenvalue weighted by atomic mass is 16.5. The van der Waals surface area contributed by atoms with E-state index < -0.39 is 0 Å². The minimum atomic E-state index is 0.0580. The number of aliphatic hydroxyl groups is 1. The fourth-order valence-electron chi connectivity index (χ4n) is 2.87. The first-order chi connectivity index (χ1) is 7.30. The maximum atomic E-state index is 9.60. The van der Waals surface area contributed by atoms with Gasteiger partial charge < -0.3 is 9.84 Å². The lowest BCUT2D eigenvalue weighted by atomic mass is 9.82. The van der Waals surface area contributed by atoms with E-state index in [0.717, 1.165) is 32.0 Å². The molecule has 0 aromatic heterocycles. The molecule has 2 rings (SSSR count). The smallest absolute Gasteiger partial charge is 0.0617 e. The summed E-state index contributed by atoms with van der Waals surface area (Å²) < 4.78 is 5.38. The van der Waals surface area contributed by atoms with Crippen LogP contribution in [0.4, 0.5) is 0 Å². The van der Waals surface area contributed by atoms with Crippen molar-refractivity contribution in [2.75, 3.05) is 32.9 Å². The number of likely N-dealkylation sites (tertiary alicyclic amines) is 1. The summed E-state index contributed by atoms with van der Waals surface area (Å²) in [5, 5.41) is 9.60. The van der Waals surface area contributed by atoms with Crippen molar-refractivity contribution in [3.8, 4) is 0 Å². The molecule has 0 atom stereocenters. The molecular formula is C12H23NO2. The van der Waals surface area contributed by atoms with Crippen LogP contribution in [0.3, 0.4) is 0 Å². The summed E-state index contributed by atoms with van der Waals surface area (Å²) >= 11 is 0. The molecule has 0 radical (unpaired) electrons. The normalized spacial score (nSPS) is 27.6. The van der Waals surface area contributed by atoms with E-state index in [4.69, 9.17) is 4.74 Å². The highest BCUT2D eigenvalue weighted by Crippen LogP contribution is 2.34. The van der Waals surface area contributed by atoms with Crippen molar-refractivity contribution in [3.05, 3.63) is 0 Å². The van der Waals surface area contributed by atoms with Gasteiger partial charge >= 0.3 is 0 Å². The van der Waals surface area contributed by atoms with Gasteiger partial charge in [-0.05, 0) is 25.2 Å². The van der Waals surface area contributed by atoms with Crippen LogP contribution in [0.25, 0.3) is 0 Å². The summed E-state index contributed by atoms with van der Waals surface area (Å²) in [5.41, 5.74) is 0.0580. The third kappa shape index (κ3) is 2.19. The number of nitrogens with zero attached hydrogens (tertiary/aromatic N) is 1. The summed E-state index contributed by atoms with van der Waals surface area (Å²) in [4.78, 5) is 2.48. The van der Waals surface area contributed by atoms with Gasteiger partial charge in [-0.3, -0.25) is 4.90 Å². The SMILES string of the molecule is CCCC1CN(C2(CO)CCOCC2)C1. The van der Waals surface area contributed by atoms with E-state index in [1.807, 2.05) is 0 Å². The number of aliphatic hydroxyl groups excluding tert-OH is 1. The van der Waals surface area contributed by atoms with Crippen LogP contribution in [0.2, 0.25) is 0 Å². The van der Waals surface area contributed by atoms with Crippen molar-refractivity contribution in [2.24, 2.45) is 5.92 Å². The molecular weight excluding hydrogens is 190 g/mol. The van der Waals surface area contributed by atoms with Gasteiger partial charge in [-0.15, -0.1) is 0 Å². The second-order valence-corrected chi connectivity index (χ2v) is 5.05. The van der Waals surface area contributed by atoms with E-state index in [0.29, 0.717) is 6.61 Å². The topological polar surface area (TPSA) is 32.7 Å². The molecule has 3 heteroatoms. The molecule has 0 saturated carbocycles. The molecule has 1 N–H and O–H groups in total. The third-order valence-corrected chi connectivity index (χ3v) is 4.04. The van der Waals surface area contributed by atoms with E-state index in [2.05, 4.69) is 11.8 Å². The highest BCUT2D eigenvalue weighted by Gasteiger charge is 2.43. The van der Waals surface area contributed by atoms with Gasteiger partial charge in [-0.1, -0.05) is 13.3 Å². The van der Waals surface area contributed by atoms with Crippen LogP contribution in [0.5, 0.6) is 0 Å². The first-order valence-corrected chi connectivity index (χ1v) is 6.24. The highest BCUT2D eigenvalue weighted by molar-refractivity contribution is 4.98. The average Bonchev–Trinajstić information content (AvgIpc) is 2.24. The monoisotopic (exact) mass is 213 g/mol. The molecule has 2 heterocycles. The zero-order chi connectivity index (χ0) is 10.7. The zero-order valence-corrected chi connectivity index (χ0v) is 9.74. The predicted octanol–water partition coefficient (Wildman–Crippen LogP) is 1.26. The van der Waals surface area contributed by atoms with Crippen LogP contribution in [-0.2, 0) is 4.74 Å². The Labute approximate surface area is 92.4 Å². The van der Waals surface area contributed by atoms with Gasteiger partial charge in [0.15, 0.2) is 0 Å². The summed E-state index contributed by atoms with van der Waals surface area (Å²) in [7, 11) is 0. The first-order valence-electron chi connectivity index (χ1n) is 6.24. The number of ether oxygens (including phenoxy) is 1. The average molecular weight is 213 g/mol. The Morgan fingerprint density at radius 2 is 2.00 bits per heavy atom. The number of rotatable bonds is 4. The molecule has 2 saturated heterocycles. The standard InChI is InChI=1S/C12H23NO2/c1-2-3-11-8-13(9-11)12(10-14)4-6-15-7-5-12/h11,14H,2-10H2,1H3. The van der Waals surface area contributed by atoms with E-state index >= 15 is 0 Å². The molecule has 88 valence electrons. The van der Waals surface area contributed by atoms with Crippen molar-refractivity contribution in [3.63, 3.8) is 0 Å². The van der Waals surface area contributed by atoms with Gasteiger partial charge in [-0.25, -0.2) is 0 Å². The van der Waals surface area contributed by atoms with Crippen molar-refractivity contribution in [1.29, 1.82) is 0 Å². The Balaban J connectivity index is 1.86. The number of hydrogen-bond donors (Lipinski definition) is 1. The van der Waals surface area contributed by atoms with Gasteiger partial charge in [0, 0.05) is 31.8 Å². The summed E-state index contributed by atoms with van der Waals surface area (Å²) in [6, 6.07) is 0. The third-order valence-electron chi connectivity index (χ3n) is 4.04. The molecule has 0 bridgehead atoms. The maximum absolute atomic E-state index is 9.60. The molecule has 15 heavy (non-hydrogen) atoms. The molecule has 0 aromatic rings. The van der Waals surface area contributed by atoms with Crippen LogP contribution < -0.4 is 0 Å². The molecule has 2 fully saturated rings. The Hall–Kier alpha value is -0.120. The first kappa shape index (κ1) is 11.4. The van der Waals surface area contributed by atoms with Crippen molar-refractivity contribution in [1.82, 2.24) is 4.90 Å². The Bertz CT molecular complexity index is 196. The summed E-state index contributed by atoms with van der Waals surface area (Å²) in [6.45, 7) is 6.56. The fourth-order valence-corrected chi connectivity index (χ4v) is 2.87. The lowest BCUT2D eigenvalue weighted by molar-refractivity contribution is -0.102. The number of hydrogen-bond acceptors (Lipinski definition) is 3. The minimum Gasteiger partial charge on any atom is -0.394 e. The van der Waals surface area contributed by atoms with Crippen molar-refractivity contribution >= 4 is 0 Å². The lowest BCUT2D eigenvalue weighted by Gasteiger charge is -2.53. The second kappa shape index (κ2) is 4.81. The lowest BCUT2D eigenvalue weighted by Crippen LogP contribution is -2.63. The molecule has 0 amide bonds. The van der Waals surface area contributed by atoms with Gasteiger partial charge in [0.05, 0.1) is 6.61 Å². The molecule has 3 nitrogen and oxygen atoms in total. The van der Waals surface area contributed by atoms with Crippen LogP contribution in [0, 0.1) is 5.92 Å². The van der Waals surface area contributed by atoms with Crippen LogP contribution in [0.15, 0.2) is 0 Å². The molecule has 2 aliphatic rings. The molecule has 2 aliphatic heterocycles. The van der Waals surface area contributed by atoms with Gasteiger partial charge in [0.1, 0.15) is 0 Å². The van der Waals surface area contributed by atoms with Crippen molar-refractivity contribution < 1.29 is 9.84 Å². The van der Waals surface area contributed by atoms with Gasteiger partial charge in [0.2, 0.25) is 0 Å². The van der Waals surface area contributed by atoms with Crippen LogP contribution >= 0.6 is 0 Å².